The molecule has 2 N–H and O–H groups in total. The number of likely N-dealkylation sites (N-methyl/N-ethyl adjacent to an activating group) is 1. The summed E-state index contributed by atoms with van der Waals surface area (Å²) in [6.07, 6.45) is 11.9. The molecule has 0 bridgehead atoms. The number of H-pyrrole nitrogens is 2. The van der Waals surface area contributed by atoms with Gasteiger partial charge in [0.05, 0.1) is 29.8 Å². The molecular weight excluding hydrogens is 383 g/mol. The summed E-state index contributed by atoms with van der Waals surface area (Å²) in [5.74, 6) is 0.289. The van der Waals surface area contributed by atoms with Crippen LogP contribution in [-0.2, 0) is 0 Å². The van der Waals surface area contributed by atoms with Crippen LogP contribution in [0.15, 0.2) is 37.1 Å². The standard InChI is InChI=1S/C21H21FN8/c1-29-4-6-30(7-5-29)18-13-24-12-17-20(18)27-21(26-17)19-15(10-25-28-19)3-2-14-8-16(22)11-23-9-14/h2-3,8-13H,4-7H2,1H3,(H,25,28)(H,26,27)/b3-2+. The van der Waals surface area contributed by atoms with Crippen molar-refractivity contribution in [2.45, 2.75) is 0 Å². The molecule has 4 aromatic heterocycles. The second-order valence-electron chi connectivity index (χ2n) is 7.39. The number of nitrogens with one attached hydrogen (secondary N) is 2. The zero-order valence-electron chi connectivity index (χ0n) is 16.5. The number of fused-ring (bicyclic) bond motifs is 1. The van der Waals surface area contributed by atoms with Crippen LogP contribution >= 0.6 is 0 Å². The lowest BCUT2D eigenvalue weighted by Crippen LogP contribution is -2.44. The van der Waals surface area contributed by atoms with Crippen LogP contribution in [0, 0.1) is 5.82 Å². The number of imidazole rings is 1. The lowest BCUT2D eigenvalue weighted by Gasteiger charge is -2.33. The van der Waals surface area contributed by atoms with Gasteiger partial charge in [-0.05, 0) is 18.7 Å². The summed E-state index contributed by atoms with van der Waals surface area (Å²) in [4.78, 5) is 21.1. The van der Waals surface area contributed by atoms with Gasteiger partial charge >= 0.3 is 0 Å². The Morgan fingerprint density at radius 2 is 1.87 bits per heavy atom. The van der Waals surface area contributed by atoms with Crippen molar-refractivity contribution in [1.29, 1.82) is 0 Å². The van der Waals surface area contributed by atoms with Crippen molar-refractivity contribution in [2.24, 2.45) is 0 Å². The van der Waals surface area contributed by atoms with Crippen LogP contribution in [0.4, 0.5) is 10.1 Å². The van der Waals surface area contributed by atoms with E-state index >= 15 is 0 Å². The van der Waals surface area contributed by atoms with Gasteiger partial charge in [-0.2, -0.15) is 5.10 Å². The Labute approximate surface area is 172 Å². The van der Waals surface area contributed by atoms with E-state index in [-0.39, 0.29) is 5.82 Å². The molecule has 0 unspecified atom stereocenters. The van der Waals surface area contributed by atoms with Crippen LogP contribution in [0.2, 0.25) is 0 Å². The first-order valence-corrected chi connectivity index (χ1v) is 9.77. The van der Waals surface area contributed by atoms with Gasteiger partial charge in [0.2, 0.25) is 0 Å². The van der Waals surface area contributed by atoms with E-state index in [1.54, 1.807) is 24.7 Å². The van der Waals surface area contributed by atoms with E-state index in [0.29, 0.717) is 17.1 Å². The summed E-state index contributed by atoms with van der Waals surface area (Å²) in [6.45, 7) is 3.91. The minimum Gasteiger partial charge on any atom is -0.366 e. The lowest BCUT2D eigenvalue weighted by molar-refractivity contribution is 0.313. The summed E-state index contributed by atoms with van der Waals surface area (Å²) in [6, 6.07) is 1.43. The summed E-state index contributed by atoms with van der Waals surface area (Å²) in [5.41, 5.74) is 4.99. The summed E-state index contributed by atoms with van der Waals surface area (Å²) < 4.78 is 13.4. The largest absolute Gasteiger partial charge is 0.366 e. The fourth-order valence-corrected chi connectivity index (χ4v) is 3.63. The van der Waals surface area contributed by atoms with Crippen LogP contribution in [0.3, 0.4) is 0 Å². The third kappa shape index (κ3) is 3.55. The molecule has 1 aliphatic heterocycles. The fraction of sp³-hybridized carbons (Fsp3) is 0.238. The number of aromatic nitrogens is 6. The Morgan fingerprint density at radius 3 is 2.70 bits per heavy atom. The molecule has 1 fully saturated rings. The first kappa shape index (κ1) is 18.4. The average molecular weight is 404 g/mol. The molecule has 0 aromatic carbocycles. The first-order valence-electron chi connectivity index (χ1n) is 9.77. The topological polar surface area (TPSA) is 89.6 Å². The Morgan fingerprint density at radius 1 is 1.03 bits per heavy atom. The Hall–Kier alpha value is -3.59. The summed E-state index contributed by atoms with van der Waals surface area (Å²) >= 11 is 0. The van der Waals surface area contributed by atoms with E-state index < -0.39 is 0 Å². The highest BCUT2D eigenvalue weighted by atomic mass is 19.1. The molecule has 9 heteroatoms. The molecule has 30 heavy (non-hydrogen) atoms. The van der Waals surface area contributed by atoms with E-state index in [0.717, 1.165) is 48.5 Å². The van der Waals surface area contributed by atoms with Gasteiger partial charge in [-0.25, -0.2) is 9.37 Å². The van der Waals surface area contributed by atoms with Gasteiger partial charge < -0.3 is 14.8 Å². The molecule has 0 saturated carbocycles. The van der Waals surface area contributed by atoms with Gasteiger partial charge in [-0.15, -0.1) is 0 Å². The minimum absolute atomic E-state index is 0.370. The zero-order chi connectivity index (χ0) is 20.5. The predicted octanol–water partition coefficient (Wildman–Crippen LogP) is 2.80. The quantitative estimate of drug-likeness (QED) is 0.544. The molecule has 0 atom stereocenters. The smallest absolute Gasteiger partial charge is 0.159 e. The lowest BCUT2D eigenvalue weighted by atomic mass is 10.2. The maximum atomic E-state index is 13.4. The third-order valence-corrected chi connectivity index (χ3v) is 5.29. The van der Waals surface area contributed by atoms with Crippen molar-refractivity contribution < 1.29 is 4.39 Å². The van der Waals surface area contributed by atoms with Crippen molar-refractivity contribution in [3.05, 3.63) is 54.0 Å². The van der Waals surface area contributed by atoms with E-state index in [9.17, 15) is 4.39 Å². The average Bonchev–Trinajstić information content (AvgIpc) is 3.39. The Kier molecular flexibility index (Phi) is 4.72. The highest BCUT2D eigenvalue weighted by molar-refractivity contribution is 5.90. The highest BCUT2D eigenvalue weighted by Gasteiger charge is 2.20. The molecular formula is C21H21FN8. The number of nitrogens with zero attached hydrogens (tertiary/aromatic N) is 6. The third-order valence-electron chi connectivity index (χ3n) is 5.29. The molecule has 0 spiro atoms. The second kappa shape index (κ2) is 7.68. The molecule has 0 radical (unpaired) electrons. The summed E-state index contributed by atoms with van der Waals surface area (Å²) in [7, 11) is 2.13. The number of hydrogen-bond donors (Lipinski definition) is 2. The zero-order valence-corrected chi connectivity index (χ0v) is 16.5. The van der Waals surface area contributed by atoms with E-state index in [1.807, 2.05) is 12.3 Å². The number of aromatic amines is 2. The molecule has 0 amide bonds. The molecule has 5 heterocycles. The van der Waals surface area contributed by atoms with Gasteiger partial charge in [0.25, 0.3) is 0 Å². The number of anilines is 1. The predicted molar refractivity (Wildman–Crippen MR) is 114 cm³/mol. The molecule has 1 aliphatic rings. The van der Waals surface area contributed by atoms with Gasteiger partial charge in [-0.1, -0.05) is 12.2 Å². The molecule has 4 aromatic rings. The van der Waals surface area contributed by atoms with Crippen LogP contribution in [0.5, 0.6) is 0 Å². The van der Waals surface area contributed by atoms with Crippen LogP contribution in [-0.4, -0.2) is 68.3 Å². The number of pyridine rings is 2. The second-order valence-corrected chi connectivity index (χ2v) is 7.39. The molecule has 5 rings (SSSR count). The van der Waals surface area contributed by atoms with Crippen molar-refractivity contribution in [3.63, 3.8) is 0 Å². The minimum atomic E-state index is -0.370. The Balaban J connectivity index is 1.48. The van der Waals surface area contributed by atoms with Crippen LogP contribution in [0.1, 0.15) is 11.1 Å². The van der Waals surface area contributed by atoms with E-state index in [4.69, 9.17) is 4.98 Å². The van der Waals surface area contributed by atoms with Gasteiger partial charge in [0.15, 0.2) is 5.82 Å². The number of hydrogen-bond acceptors (Lipinski definition) is 6. The number of piperazine rings is 1. The molecule has 0 aliphatic carbocycles. The fourth-order valence-electron chi connectivity index (χ4n) is 3.63. The monoisotopic (exact) mass is 404 g/mol. The van der Waals surface area contributed by atoms with E-state index in [1.165, 1.54) is 12.3 Å². The first-order chi connectivity index (χ1) is 14.7. The molecule has 8 nitrogen and oxygen atoms in total. The van der Waals surface area contributed by atoms with Gasteiger partial charge in [0.1, 0.15) is 17.0 Å². The summed E-state index contributed by atoms with van der Waals surface area (Å²) in [5, 5.41) is 7.25. The maximum Gasteiger partial charge on any atom is 0.159 e. The van der Waals surface area contributed by atoms with Crippen molar-refractivity contribution in [2.75, 3.05) is 38.1 Å². The van der Waals surface area contributed by atoms with Crippen molar-refractivity contribution in [1.82, 2.24) is 35.0 Å². The highest BCUT2D eigenvalue weighted by Crippen LogP contribution is 2.29. The van der Waals surface area contributed by atoms with Crippen LogP contribution < -0.4 is 4.90 Å². The van der Waals surface area contributed by atoms with Gasteiger partial charge in [-0.3, -0.25) is 15.1 Å². The van der Waals surface area contributed by atoms with Gasteiger partial charge in [0, 0.05) is 44.1 Å². The molecule has 152 valence electrons. The SMILES string of the molecule is CN1CCN(c2cncc3[nH]c(-c4n[nH]cc4/C=C/c4cncc(F)c4)nc23)CC1. The van der Waals surface area contributed by atoms with Crippen LogP contribution in [0.25, 0.3) is 34.7 Å². The maximum absolute atomic E-state index is 13.4. The normalized spacial score (nSPS) is 15.5. The van der Waals surface area contributed by atoms with Crippen molar-refractivity contribution >= 4 is 28.9 Å². The number of halogens is 1. The number of rotatable bonds is 4. The Bertz CT molecular complexity index is 1200. The van der Waals surface area contributed by atoms with Crippen molar-refractivity contribution in [3.8, 4) is 11.5 Å². The molecule has 1 saturated heterocycles. The van der Waals surface area contributed by atoms with E-state index in [2.05, 4.69) is 42.0 Å².